The predicted octanol–water partition coefficient (Wildman–Crippen LogP) is 6.27. The first-order valence-electron chi connectivity index (χ1n) is 13.6. The summed E-state index contributed by atoms with van der Waals surface area (Å²) in [6.45, 7) is 2.60. The molecule has 5 aromatic rings. The predicted molar refractivity (Wildman–Crippen MR) is 161 cm³/mol. The van der Waals surface area contributed by atoms with Crippen LogP contribution in [0.2, 0.25) is 5.02 Å². The number of rotatable bonds is 8. The molecular formula is C34H31ClN4O. The lowest BCUT2D eigenvalue weighted by atomic mass is 9.77. The first kappa shape index (κ1) is 26.1. The molecule has 1 aliphatic heterocycles. The molecule has 6 rings (SSSR count). The maximum absolute atomic E-state index is 13.0. The summed E-state index contributed by atoms with van der Waals surface area (Å²) in [4.78, 5) is 21.9. The van der Waals surface area contributed by atoms with E-state index in [4.69, 9.17) is 16.6 Å². The Kier molecular flexibility index (Phi) is 7.49. The largest absolute Gasteiger partial charge is 0.319 e. The molecule has 6 heteroatoms. The van der Waals surface area contributed by atoms with Crippen LogP contribution in [0.1, 0.15) is 22.4 Å². The third kappa shape index (κ3) is 5.06. The van der Waals surface area contributed by atoms with E-state index in [9.17, 15) is 4.79 Å². The van der Waals surface area contributed by atoms with Gasteiger partial charge >= 0.3 is 0 Å². The minimum absolute atomic E-state index is 0.0929. The maximum atomic E-state index is 13.0. The van der Waals surface area contributed by atoms with Gasteiger partial charge < -0.3 is 9.47 Å². The Hall–Kier alpha value is -4.19. The zero-order valence-corrected chi connectivity index (χ0v) is 23.0. The highest BCUT2D eigenvalue weighted by molar-refractivity contribution is 6.30. The fourth-order valence-corrected chi connectivity index (χ4v) is 5.95. The summed E-state index contributed by atoms with van der Waals surface area (Å²) in [7, 11) is 0. The third-order valence-corrected chi connectivity index (χ3v) is 7.94. The van der Waals surface area contributed by atoms with Gasteiger partial charge in [-0.1, -0.05) is 109 Å². The van der Waals surface area contributed by atoms with Crippen LogP contribution in [0, 0.1) is 0 Å². The normalized spacial score (nSPS) is 14.4. The molecule has 1 saturated heterocycles. The molecule has 40 heavy (non-hydrogen) atoms. The summed E-state index contributed by atoms with van der Waals surface area (Å²) in [6, 6.07) is 39.3. The zero-order chi connectivity index (χ0) is 27.4. The highest BCUT2D eigenvalue weighted by Gasteiger charge is 2.38. The van der Waals surface area contributed by atoms with Crippen molar-refractivity contribution < 1.29 is 4.79 Å². The molecule has 1 fully saturated rings. The van der Waals surface area contributed by atoms with Crippen LogP contribution < -0.4 is 4.90 Å². The summed E-state index contributed by atoms with van der Waals surface area (Å²) in [5.74, 6) is 0.0929. The number of anilines is 1. The molecule has 0 unspecified atom stereocenters. The standard InChI is InChI=1S/C34H31ClN4O/c35-30-17-10-18-32(23-30)39-22-21-37(25-33(39)40)20-19-31-24-38(26-36-31)34(27-11-4-1-5-12-27,28-13-6-2-7-14-28)29-15-8-3-9-16-29/h1-18,23-24,26H,19-22,25H2. The van der Waals surface area contributed by atoms with Gasteiger partial charge in [-0.3, -0.25) is 9.69 Å². The number of hydrogen-bond acceptors (Lipinski definition) is 3. The van der Waals surface area contributed by atoms with E-state index in [0.29, 0.717) is 18.1 Å². The number of halogens is 1. The van der Waals surface area contributed by atoms with Gasteiger partial charge in [-0.15, -0.1) is 0 Å². The molecule has 0 saturated carbocycles. The Morgan fingerprint density at radius 2 is 1.35 bits per heavy atom. The Labute approximate surface area is 240 Å². The summed E-state index contributed by atoms with van der Waals surface area (Å²) in [5, 5.41) is 0.640. The van der Waals surface area contributed by atoms with Gasteiger partial charge in [-0.2, -0.15) is 0 Å². The first-order chi connectivity index (χ1) is 19.6. The second kappa shape index (κ2) is 11.5. The van der Waals surface area contributed by atoms with Crippen LogP contribution in [-0.2, 0) is 16.8 Å². The number of carbonyl (C=O) groups is 1. The minimum atomic E-state index is -0.576. The number of carbonyl (C=O) groups excluding carboxylic acids is 1. The molecule has 1 aromatic heterocycles. The second-order valence-corrected chi connectivity index (χ2v) is 10.6. The summed E-state index contributed by atoms with van der Waals surface area (Å²) >= 11 is 6.15. The van der Waals surface area contributed by atoms with Crippen molar-refractivity contribution in [3.8, 4) is 0 Å². The Bertz CT molecular complexity index is 1470. The lowest BCUT2D eigenvalue weighted by molar-refractivity contribution is -0.121. The van der Waals surface area contributed by atoms with Crippen LogP contribution in [0.3, 0.4) is 0 Å². The van der Waals surface area contributed by atoms with Crippen LogP contribution in [-0.4, -0.2) is 46.5 Å². The quantitative estimate of drug-likeness (QED) is 0.215. The first-order valence-corrected chi connectivity index (χ1v) is 14.0. The van der Waals surface area contributed by atoms with E-state index in [2.05, 4.69) is 107 Å². The van der Waals surface area contributed by atoms with Crippen LogP contribution in [0.25, 0.3) is 0 Å². The Balaban J connectivity index is 1.26. The van der Waals surface area contributed by atoms with Crippen molar-refractivity contribution in [2.24, 2.45) is 0 Å². The molecule has 200 valence electrons. The highest BCUT2D eigenvalue weighted by Crippen LogP contribution is 2.40. The molecule has 2 heterocycles. The van der Waals surface area contributed by atoms with E-state index in [1.807, 2.05) is 35.5 Å². The van der Waals surface area contributed by atoms with E-state index in [0.717, 1.165) is 30.9 Å². The van der Waals surface area contributed by atoms with E-state index < -0.39 is 5.54 Å². The summed E-state index contributed by atoms with van der Waals surface area (Å²) in [6.07, 6.45) is 4.87. The monoisotopic (exact) mass is 546 g/mol. The maximum Gasteiger partial charge on any atom is 0.241 e. The number of amides is 1. The number of nitrogens with zero attached hydrogens (tertiary/aromatic N) is 4. The van der Waals surface area contributed by atoms with Crippen molar-refractivity contribution in [1.29, 1.82) is 0 Å². The van der Waals surface area contributed by atoms with Crippen LogP contribution in [0.4, 0.5) is 5.69 Å². The van der Waals surface area contributed by atoms with Gasteiger partial charge in [-0.25, -0.2) is 4.98 Å². The fraction of sp³-hybridized carbons (Fsp3) is 0.176. The molecule has 5 nitrogen and oxygen atoms in total. The van der Waals surface area contributed by atoms with Crippen molar-refractivity contribution in [3.05, 3.63) is 155 Å². The minimum Gasteiger partial charge on any atom is -0.319 e. The lowest BCUT2D eigenvalue weighted by Gasteiger charge is -2.37. The summed E-state index contributed by atoms with van der Waals surface area (Å²) in [5.41, 5.74) is 4.78. The SMILES string of the molecule is O=C1CN(CCc2cn(C(c3ccccc3)(c3ccccc3)c3ccccc3)cn2)CCN1c1cccc(Cl)c1. The Morgan fingerprint density at radius 3 is 1.90 bits per heavy atom. The summed E-state index contributed by atoms with van der Waals surface area (Å²) < 4.78 is 2.24. The van der Waals surface area contributed by atoms with Gasteiger partial charge in [0.15, 0.2) is 0 Å². The average molecular weight is 547 g/mol. The van der Waals surface area contributed by atoms with E-state index >= 15 is 0 Å². The van der Waals surface area contributed by atoms with Crippen molar-refractivity contribution in [1.82, 2.24) is 14.5 Å². The number of aromatic nitrogens is 2. The van der Waals surface area contributed by atoms with E-state index in [1.165, 1.54) is 16.7 Å². The molecule has 0 radical (unpaired) electrons. The molecule has 0 N–H and O–H groups in total. The number of benzene rings is 4. The van der Waals surface area contributed by atoms with E-state index in [-0.39, 0.29) is 5.91 Å². The zero-order valence-electron chi connectivity index (χ0n) is 22.2. The van der Waals surface area contributed by atoms with Gasteiger partial charge in [0.25, 0.3) is 0 Å². The molecule has 1 amide bonds. The van der Waals surface area contributed by atoms with Crippen molar-refractivity contribution in [2.45, 2.75) is 12.0 Å². The van der Waals surface area contributed by atoms with Crippen LogP contribution in [0.15, 0.2) is 128 Å². The molecule has 0 aliphatic carbocycles. The van der Waals surface area contributed by atoms with Gasteiger partial charge in [0.05, 0.1) is 18.6 Å². The molecule has 0 atom stereocenters. The molecule has 4 aromatic carbocycles. The van der Waals surface area contributed by atoms with Crippen molar-refractivity contribution in [3.63, 3.8) is 0 Å². The van der Waals surface area contributed by atoms with Crippen molar-refractivity contribution in [2.75, 3.05) is 31.1 Å². The number of imidazole rings is 1. The smallest absolute Gasteiger partial charge is 0.241 e. The average Bonchev–Trinajstić information content (AvgIpc) is 3.47. The molecule has 1 aliphatic rings. The van der Waals surface area contributed by atoms with Gasteiger partial charge in [0.2, 0.25) is 5.91 Å². The second-order valence-electron chi connectivity index (χ2n) is 10.1. The number of piperazine rings is 1. The number of hydrogen-bond donors (Lipinski definition) is 0. The van der Waals surface area contributed by atoms with E-state index in [1.54, 1.807) is 0 Å². The molecule has 0 spiro atoms. The Morgan fingerprint density at radius 1 is 0.750 bits per heavy atom. The lowest BCUT2D eigenvalue weighted by Crippen LogP contribution is -2.50. The van der Waals surface area contributed by atoms with Crippen LogP contribution >= 0.6 is 11.6 Å². The molecular weight excluding hydrogens is 516 g/mol. The van der Waals surface area contributed by atoms with Gasteiger partial charge in [0, 0.05) is 43.0 Å². The van der Waals surface area contributed by atoms with Crippen molar-refractivity contribution >= 4 is 23.2 Å². The fourth-order valence-electron chi connectivity index (χ4n) is 5.76. The van der Waals surface area contributed by atoms with Crippen LogP contribution in [0.5, 0.6) is 0 Å². The highest BCUT2D eigenvalue weighted by atomic mass is 35.5. The molecule has 0 bridgehead atoms. The topological polar surface area (TPSA) is 41.4 Å². The third-order valence-electron chi connectivity index (χ3n) is 7.70. The van der Waals surface area contributed by atoms with Gasteiger partial charge in [0.1, 0.15) is 5.54 Å². The van der Waals surface area contributed by atoms with Gasteiger partial charge in [-0.05, 0) is 34.9 Å².